The molecule has 0 unspecified atom stereocenters. The van der Waals surface area contributed by atoms with Gasteiger partial charge in [-0.3, -0.25) is 19.8 Å². The molecule has 108 valence electrons. The Kier molecular flexibility index (Phi) is 4.68. The third-order valence-corrected chi connectivity index (χ3v) is 3.47. The molecule has 20 heavy (non-hydrogen) atoms. The van der Waals surface area contributed by atoms with E-state index in [9.17, 15) is 14.9 Å². The van der Waals surface area contributed by atoms with Gasteiger partial charge in [-0.2, -0.15) is 0 Å². The number of nitrogens with zero attached hydrogens (tertiary/aromatic N) is 2. The second-order valence-electron chi connectivity index (χ2n) is 5.33. The molecule has 1 aromatic rings. The molecule has 1 N–H and O–H groups in total. The number of nitrogens with one attached hydrogen (secondary N) is 1. The zero-order valence-electron chi connectivity index (χ0n) is 11.5. The Hall–Kier alpha value is -1.95. The van der Waals surface area contributed by atoms with Crippen molar-refractivity contribution < 1.29 is 9.72 Å². The van der Waals surface area contributed by atoms with E-state index in [0.29, 0.717) is 18.2 Å². The zero-order valence-corrected chi connectivity index (χ0v) is 11.5. The molecule has 0 saturated carbocycles. The summed E-state index contributed by atoms with van der Waals surface area (Å²) < 4.78 is 0. The summed E-state index contributed by atoms with van der Waals surface area (Å²) in [4.78, 5) is 24.1. The van der Waals surface area contributed by atoms with E-state index in [1.807, 2.05) is 0 Å². The van der Waals surface area contributed by atoms with Crippen LogP contribution in [-0.4, -0.2) is 35.4 Å². The van der Waals surface area contributed by atoms with Gasteiger partial charge in [-0.05, 0) is 37.4 Å². The number of hydrogen-bond acceptors (Lipinski definition) is 4. The second kappa shape index (κ2) is 6.47. The van der Waals surface area contributed by atoms with Crippen molar-refractivity contribution in [1.29, 1.82) is 0 Å². The maximum absolute atomic E-state index is 11.9. The summed E-state index contributed by atoms with van der Waals surface area (Å²) in [5, 5.41) is 13.3. The van der Waals surface area contributed by atoms with Crippen LogP contribution in [0.5, 0.6) is 0 Å². The minimum absolute atomic E-state index is 0.0212. The number of anilines is 1. The fourth-order valence-corrected chi connectivity index (χ4v) is 2.50. The van der Waals surface area contributed by atoms with Crippen LogP contribution < -0.4 is 5.32 Å². The molecule has 0 bridgehead atoms. The van der Waals surface area contributed by atoms with Crippen LogP contribution in [0.3, 0.4) is 0 Å². The molecule has 1 saturated heterocycles. The van der Waals surface area contributed by atoms with Crippen molar-refractivity contribution in [2.45, 2.75) is 19.8 Å². The molecular formula is C14H19N3O3. The zero-order chi connectivity index (χ0) is 14.5. The number of piperidine rings is 1. The molecule has 0 aromatic heterocycles. The standard InChI is InChI=1S/C14H19N3O3/c1-11-3-2-8-16(9-11)10-14(18)15-12-4-6-13(7-5-12)17(19)20/h4-7,11H,2-3,8-10H2,1H3,(H,15,18)/t11-/m0/s1. The normalized spacial score (nSPS) is 19.6. The van der Waals surface area contributed by atoms with Gasteiger partial charge in [0.15, 0.2) is 0 Å². The molecule has 1 heterocycles. The number of rotatable bonds is 4. The lowest BCUT2D eigenvalue weighted by Crippen LogP contribution is -2.39. The first kappa shape index (κ1) is 14.5. The molecule has 1 aromatic carbocycles. The highest BCUT2D eigenvalue weighted by molar-refractivity contribution is 5.92. The van der Waals surface area contributed by atoms with Crippen molar-refractivity contribution in [2.24, 2.45) is 5.92 Å². The van der Waals surface area contributed by atoms with Gasteiger partial charge < -0.3 is 5.32 Å². The van der Waals surface area contributed by atoms with Crippen LogP contribution >= 0.6 is 0 Å². The topological polar surface area (TPSA) is 75.5 Å². The van der Waals surface area contributed by atoms with E-state index in [2.05, 4.69) is 17.1 Å². The van der Waals surface area contributed by atoms with Gasteiger partial charge in [0.1, 0.15) is 0 Å². The predicted molar refractivity (Wildman–Crippen MR) is 76.6 cm³/mol. The monoisotopic (exact) mass is 277 g/mol. The largest absolute Gasteiger partial charge is 0.325 e. The highest BCUT2D eigenvalue weighted by Crippen LogP contribution is 2.17. The van der Waals surface area contributed by atoms with E-state index in [0.717, 1.165) is 19.5 Å². The number of non-ortho nitro benzene ring substituents is 1. The van der Waals surface area contributed by atoms with E-state index < -0.39 is 4.92 Å². The summed E-state index contributed by atoms with van der Waals surface area (Å²) in [6.45, 7) is 4.48. The average Bonchev–Trinajstić information content (AvgIpc) is 2.39. The molecule has 0 aliphatic carbocycles. The summed E-state index contributed by atoms with van der Waals surface area (Å²) in [6, 6.07) is 5.88. The molecule has 6 nitrogen and oxygen atoms in total. The SMILES string of the molecule is C[C@H]1CCCN(CC(=O)Nc2ccc([N+](=O)[O-])cc2)C1. The highest BCUT2D eigenvalue weighted by atomic mass is 16.6. The van der Waals surface area contributed by atoms with Crippen molar-refractivity contribution in [2.75, 3.05) is 25.0 Å². The van der Waals surface area contributed by atoms with Gasteiger partial charge in [-0.15, -0.1) is 0 Å². The van der Waals surface area contributed by atoms with Crippen molar-refractivity contribution in [3.05, 3.63) is 34.4 Å². The first-order chi connectivity index (χ1) is 9.54. The minimum atomic E-state index is -0.458. The lowest BCUT2D eigenvalue weighted by atomic mass is 10.0. The van der Waals surface area contributed by atoms with Crippen LogP contribution in [-0.2, 0) is 4.79 Å². The van der Waals surface area contributed by atoms with E-state index in [1.54, 1.807) is 12.1 Å². The Bertz CT molecular complexity index is 487. The van der Waals surface area contributed by atoms with Crippen LogP contribution in [0.4, 0.5) is 11.4 Å². The van der Waals surface area contributed by atoms with Gasteiger partial charge >= 0.3 is 0 Å². The van der Waals surface area contributed by atoms with Crippen LogP contribution in [0.1, 0.15) is 19.8 Å². The number of amides is 1. The minimum Gasteiger partial charge on any atom is -0.325 e. The first-order valence-electron chi connectivity index (χ1n) is 6.81. The Morgan fingerprint density at radius 2 is 2.15 bits per heavy atom. The van der Waals surface area contributed by atoms with Crippen molar-refractivity contribution >= 4 is 17.3 Å². The Morgan fingerprint density at radius 3 is 2.75 bits per heavy atom. The van der Waals surface area contributed by atoms with Crippen molar-refractivity contribution in [1.82, 2.24) is 4.90 Å². The number of hydrogen-bond donors (Lipinski definition) is 1. The molecular weight excluding hydrogens is 258 g/mol. The van der Waals surface area contributed by atoms with Crippen molar-refractivity contribution in [3.63, 3.8) is 0 Å². The fourth-order valence-electron chi connectivity index (χ4n) is 2.50. The number of nitro benzene ring substituents is 1. The van der Waals surface area contributed by atoms with Crippen LogP contribution in [0, 0.1) is 16.0 Å². The molecule has 2 rings (SSSR count). The van der Waals surface area contributed by atoms with Crippen LogP contribution in [0.15, 0.2) is 24.3 Å². The molecule has 1 aliphatic heterocycles. The molecule has 0 spiro atoms. The molecule has 1 fully saturated rings. The quantitative estimate of drug-likeness (QED) is 0.676. The lowest BCUT2D eigenvalue weighted by Gasteiger charge is -2.30. The lowest BCUT2D eigenvalue weighted by molar-refractivity contribution is -0.384. The third kappa shape index (κ3) is 4.03. The van der Waals surface area contributed by atoms with Gasteiger partial charge in [0.2, 0.25) is 5.91 Å². The molecule has 1 amide bonds. The summed E-state index contributed by atoms with van der Waals surface area (Å²) in [5.74, 6) is 0.559. The Balaban J connectivity index is 1.86. The maximum atomic E-state index is 11.9. The second-order valence-corrected chi connectivity index (χ2v) is 5.33. The molecule has 0 radical (unpaired) electrons. The summed E-state index contributed by atoms with van der Waals surface area (Å²) in [7, 11) is 0. The number of likely N-dealkylation sites (tertiary alicyclic amines) is 1. The summed E-state index contributed by atoms with van der Waals surface area (Å²) >= 11 is 0. The van der Waals surface area contributed by atoms with Gasteiger partial charge in [0.05, 0.1) is 11.5 Å². The number of carbonyl (C=O) groups is 1. The number of benzene rings is 1. The van der Waals surface area contributed by atoms with E-state index in [-0.39, 0.29) is 11.6 Å². The summed E-state index contributed by atoms with van der Waals surface area (Å²) in [6.07, 6.45) is 2.35. The first-order valence-corrected chi connectivity index (χ1v) is 6.81. The van der Waals surface area contributed by atoms with E-state index in [4.69, 9.17) is 0 Å². The molecule has 1 atom stereocenters. The fraction of sp³-hybridized carbons (Fsp3) is 0.500. The van der Waals surface area contributed by atoms with Gasteiger partial charge in [0.25, 0.3) is 5.69 Å². The van der Waals surface area contributed by atoms with Crippen molar-refractivity contribution in [3.8, 4) is 0 Å². The van der Waals surface area contributed by atoms with Gasteiger partial charge in [-0.25, -0.2) is 0 Å². The Morgan fingerprint density at radius 1 is 1.45 bits per heavy atom. The number of carbonyl (C=O) groups excluding carboxylic acids is 1. The Labute approximate surface area is 117 Å². The van der Waals surface area contributed by atoms with Gasteiger partial charge in [-0.1, -0.05) is 6.92 Å². The van der Waals surface area contributed by atoms with E-state index >= 15 is 0 Å². The number of nitro groups is 1. The molecule has 1 aliphatic rings. The average molecular weight is 277 g/mol. The highest BCUT2D eigenvalue weighted by Gasteiger charge is 2.18. The predicted octanol–water partition coefficient (Wildman–Crippen LogP) is 2.27. The molecule has 6 heteroatoms. The van der Waals surface area contributed by atoms with Gasteiger partial charge in [0, 0.05) is 24.4 Å². The smallest absolute Gasteiger partial charge is 0.269 e. The van der Waals surface area contributed by atoms with E-state index in [1.165, 1.54) is 18.6 Å². The maximum Gasteiger partial charge on any atom is 0.269 e. The van der Waals surface area contributed by atoms with Crippen LogP contribution in [0.2, 0.25) is 0 Å². The third-order valence-electron chi connectivity index (χ3n) is 3.47. The van der Waals surface area contributed by atoms with Crippen LogP contribution in [0.25, 0.3) is 0 Å². The summed E-state index contributed by atoms with van der Waals surface area (Å²) in [5.41, 5.74) is 0.610.